The summed E-state index contributed by atoms with van der Waals surface area (Å²) >= 11 is 1.64. The second-order valence-electron chi connectivity index (χ2n) is 6.80. The van der Waals surface area contributed by atoms with E-state index in [4.69, 9.17) is 9.73 Å². The number of rotatable bonds is 7. The second-order valence-corrected chi connectivity index (χ2v) is 7.92. The van der Waals surface area contributed by atoms with E-state index in [1.807, 2.05) is 19.1 Å². The van der Waals surface area contributed by atoms with Crippen LogP contribution in [-0.4, -0.2) is 67.9 Å². The Morgan fingerprint density at radius 3 is 2.81 bits per heavy atom. The molecule has 0 bridgehead atoms. The van der Waals surface area contributed by atoms with Crippen LogP contribution in [-0.2, 0) is 4.74 Å². The minimum atomic E-state index is -0.553. The van der Waals surface area contributed by atoms with Crippen molar-refractivity contribution in [1.29, 1.82) is 0 Å². The topological polar surface area (TPSA) is 69.1 Å². The molecule has 3 N–H and O–H groups in total. The first-order valence-corrected chi connectivity index (χ1v) is 10.5. The first-order chi connectivity index (χ1) is 13.2. The molecular formula is C20H30N4O2S. The Balaban J connectivity index is 1.54. The number of benzene rings is 1. The zero-order chi connectivity index (χ0) is 19.1. The van der Waals surface area contributed by atoms with Crippen LogP contribution in [0.4, 0.5) is 0 Å². The van der Waals surface area contributed by atoms with Gasteiger partial charge in [0.1, 0.15) is 6.10 Å². The highest BCUT2D eigenvalue weighted by Gasteiger charge is 2.17. The molecule has 1 aliphatic rings. The lowest BCUT2D eigenvalue weighted by atomic mass is 10.2. The van der Waals surface area contributed by atoms with Crippen molar-refractivity contribution in [2.24, 2.45) is 4.99 Å². The Morgan fingerprint density at radius 2 is 2.07 bits per heavy atom. The lowest BCUT2D eigenvalue weighted by Gasteiger charge is -2.31. The highest BCUT2D eigenvalue weighted by atomic mass is 32.1. The van der Waals surface area contributed by atoms with Crippen LogP contribution >= 0.6 is 11.3 Å². The van der Waals surface area contributed by atoms with Crippen LogP contribution < -0.4 is 10.6 Å². The van der Waals surface area contributed by atoms with Crippen molar-refractivity contribution in [3.05, 3.63) is 35.2 Å². The predicted octanol–water partition coefficient (Wildman–Crippen LogP) is 2.21. The molecule has 1 aromatic heterocycles. The maximum Gasteiger partial charge on any atom is 0.191 e. The summed E-state index contributed by atoms with van der Waals surface area (Å²) in [6.07, 6.45) is -0.553. The number of hydrogen-bond donors (Lipinski definition) is 3. The predicted molar refractivity (Wildman–Crippen MR) is 113 cm³/mol. The Labute approximate surface area is 165 Å². The molecule has 6 nitrogen and oxygen atoms in total. The Bertz CT molecular complexity index is 709. The summed E-state index contributed by atoms with van der Waals surface area (Å²) in [7, 11) is 0. The molecular weight excluding hydrogens is 360 g/mol. The lowest BCUT2D eigenvalue weighted by Crippen LogP contribution is -2.44. The lowest BCUT2D eigenvalue weighted by molar-refractivity contribution is 0.0220. The van der Waals surface area contributed by atoms with Gasteiger partial charge < -0.3 is 20.5 Å². The molecule has 0 amide bonds. The smallest absolute Gasteiger partial charge is 0.191 e. The van der Waals surface area contributed by atoms with Gasteiger partial charge in [0, 0.05) is 41.8 Å². The van der Waals surface area contributed by atoms with Crippen molar-refractivity contribution >= 4 is 27.4 Å². The molecule has 148 valence electrons. The average Bonchev–Trinajstić information content (AvgIpc) is 3.14. The molecule has 0 aliphatic carbocycles. The minimum Gasteiger partial charge on any atom is -0.386 e. The van der Waals surface area contributed by atoms with Gasteiger partial charge in [-0.1, -0.05) is 18.2 Å². The number of nitrogens with one attached hydrogen (secondary N) is 2. The monoisotopic (exact) mass is 390 g/mol. The molecule has 1 fully saturated rings. The van der Waals surface area contributed by atoms with Gasteiger partial charge in [-0.25, -0.2) is 0 Å². The fourth-order valence-corrected chi connectivity index (χ4v) is 4.21. The van der Waals surface area contributed by atoms with Crippen LogP contribution in [0.5, 0.6) is 0 Å². The number of thiophene rings is 1. The van der Waals surface area contributed by atoms with Crippen LogP contribution in [0.15, 0.2) is 35.3 Å². The number of aliphatic hydroxyl groups is 1. The summed E-state index contributed by atoms with van der Waals surface area (Å²) in [4.78, 5) is 8.08. The van der Waals surface area contributed by atoms with E-state index >= 15 is 0 Å². The number of nitrogens with zero attached hydrogens (tertiary/aromatic N) is 2. The van der Waals surface area contributed by atoms with Gasteiger partial charge in [0.25, 0.3) is 0 Å². The summed E-state index contributed by atoms with van der Waals surface area (Å²) < 4.78 is 6.61. The first kappa shape index (κ1) is 20.1. The molecule has 7 heteroatoms. The fraction of sp³-hybridized carbons (Fsp3) is 0.550. The zero-order valence-electron chi connectivity index (χ0n) is 16.1. The minimum absolute atomic E-state index is 0.372. The number of ether oxygens (including phenoxy) is 1. The van der Waals surface area contributed by atoms with E-state index in [9.17, 15) is 5.11 Å². The normalized spacial score (nSPS) is 18.4. The van der Waals surface area contributed by atoms with Gasteiger partial charge in [0.15, 0.2) is 5.96 Å². The summed E-state index contributed by atoms with van der Waals surface area (Å²) in [6.45, 7) is 9.71. The molecule has 2 aromatic rings. The number of guanidine groups is 1. The molecule has 2 heterocycles. The molecule has 1 aromatic carbocycles. The van der Waals surface area contributed by atoms with Gasteiger partial charge in [0.05, 0.1) is 19.8 Å². The second kappa shape index (κ2) is 10.0. The number of morpholine rings is 1. The Morgan fingerprint density at radius 1 is 1.30 bits per heavy atom. The molecule has 1 saturated heterocycles. The molecule has 2 atom stereocenters. The highest BCUT2D eigenvalue weighted by molar-refractivity contribution is 7.19. The van der Waals surface area contributed by atoms with E-state index in [-0.39, 0.29) is 0 Å². The molecule has 0 spiro atoms. The van der Waals surface area contributed by atoms with E-state index in [1.165, 1.54) is 10.1 Å². The Hall–Kier alpha value is -1.67. The maximum absolute atomic E-state index is 10.6. The SMILES string of the molecule is CCNC(=NCC(C)N1CCOCC1)NCC(O)c1cc2ccccc2s1. The molecule has 27 heavy (non-hydrogen) atoms. The van der Waals surface area contributed by atoms with Crippen molar-refractivity contribution in [2.45, 2.75) is 26.0 Å². The van der Waals surface area contributed by atoms with Crippen LogP contribution in [0, 0.1) is 0 Å². The summed E-state index contributed by atoms with van der Waals surface area (Å²) in [5.74, 6) is 0.748. The van der Waals surface area contributed by atoms with Crippen molar-refractivity contribution in [1.82, 2.24) is 15.5 Å². The number of hydrogen-bond acceptors (Lipinski definition) is 5. The quantitative estimate of drug-likeness (QED) is 0.500. The molecule has 2 unspecified atom stereocenters. The van der Waals surface area contributed by atoms with Crippen molar-refractivity contribution in [3.63, 3.8) is 0 Å². The zero-order valence-corrected chi connectivity index (χ0v) is 17.0. The summed E-state index contributed by atoms with van der Waals surface area (Å²) in [6, 6.07) is 10.7. The molecule has 1 aliphatic heterocycles. The first-order valence-electron chi connectivity index (χ1n) is 9.68. The number of fused-ring (bicyclic) bond motifs is 1. The van der Waals surface area contributed by atoms with Gasteiger partial charge in [-0.3, -0.25) is 9.89 Å². The van der Waals surface area contributed by atoms with Gasteiger partial charge in [-0.05, 0) is 31.4 Å². The largest absolute Gasteiger partial charge is 0.386 e. The third kappa shape index (κ3) is 5.65. The van der Waals surface area contributed by atoms with Crippen LogP contribution in [0.2, 0.25) is 0 Å². The third-order valence-corrected chi connectivity index (χ3v) is 5.98. The Kier molecular flexibility index (Phi) is 7.46. The van der Waals surface area contributed by atoms with Gasteiger partial charge in [0.2, 0.25) is 0 Å². The molecule has 0 radical (unpaired) electrons. The average molecular weight is 391 g/mol. The highest BCUT2D eigenvalue weighted by Crippen LogP contribution is 2.29. The third-order valence-electron chi connectivity index (χ3n) is 4.76. The van der Waals surface area contributed by atoms with Crippen molar-refractivity contribution in [3.8, 4) is 0 Å². The van der Waals surface area contributed by atoms with Crippen LogP contribution in [0.1, 0.15) is 24.8 Å². The standard InChI is InChI=1S/C20H30N4O2S/c1-3-21-20(22-13-15(2)24-8-10-26-11-9-24)23-14-17(25)19-12-16-6-4-5-7-18(16)27-19/h4-7,12,15,17,25H,3,8-11,13-14H2,1-2H3,(H2,21,22,23). The van der Waals surface area contributed by atoms with E-state index in [0.29, 0.717) is 19.1 Å². The number of aliphatic hydroxyl groups excluding tert-OH is 1. The van der Waals surface area contributed by atoms with Crippen molar-refractivity contribution < 1.29 is 9.84 Å². The molecule has 3 rings (SSSR count). The number of aliphatic imine (C=N–C) groups is 1. The van der Waals surface area contributed by atoms with E-state index in [0.717, 1.165) is 43.7 Å². The van der Waals surface area contributed by atoms with Gasteiger partial charge in [-0.15, -0.1) is 11.3 Å². The summed E-state index contributed by atoms with van der Waals surface area (Å²) in [5, 5.41) is 18.3. The summed E-state index contributed by atoms with van der Waals surface area (Å²) in [5.41, 5.74) is 0. The van der Waals surface area contributed by atoms with Gasteiger partial charge >= 0.3 is 0 Å². The van der Waals surface area contributed by atoms with Crippen LogP contribution in [0.25, 0.3) is 10.1 Å². The van der Waals surface area contributed by atoms with E-state index < -0.39 is 6.10 Å². The maximum atomic E-state index is 10.6. The van der Waals surface area contributed by atoms with Crippen molar-refractivity contribution in [2.75, 3.05) is 45.9 Å². The van der Waals surface area contributed by atoms with Crippen LogP contribution in [0.3, 0.4) is 0 Å². The van der Waals surface area contributed by atoms with E-state index in [1.54, 1.807) is 11.3 Å². The molecule has 0 saturated carbocycles. The van der Waals surface area contributed by atoms with Gasteiger partial charge in [-0.2, -0.15) is 0 Å². The van der Waals surface area contributed by atoms with E-state index in [2.05, 4.69) is 40.7 Å². The fourth-order valence-electron chi connectivity index (χ4n) is 3.16.